The van der Waals surface area contributed by atoms with E-state index >= 15 is 0 Å². The van der Waals surface area contributed by atoms with Gasteiger partial charge in [0.25, 0.3) is 0 Å². The van der Waals surface area contributed by atoms with Gasteiger partial charge < -0.3 is 20.9 Å². The zero-order valence-electron chi connectivity index (χ0n) is 13.6. The first-order valence-electron chi connectivity index (χ1n) is 8.08. The molecule has 1 heterocycles. The number of carbonyl (C=O) groups is 2. The first kappa shape index (κ1) is 17.8. The summed E-state index contributed by atoms with van der Waals surface area (Å²) in [4.78, 5) is 27.7. The van der Waals surface area contributed by atoms with Crippen molar-refractivity contribution in [3.05, 3.63) is 0 Å². The number of unbranched alkanes of at least 4 members (excludes halogenated alkanes) is 1. The third-order valence-corrected chi connectivity index (χ3v) is 4.23. The number of nitrogens with two attached hydrogens (primary N) is 1. The van der Waals surface area contributed by atoms with Crippen LogP contribution in [-0.4, -0.2) is 60.5 Å². The van der Waals surface area contributed by atoms with E-state index in [-0.39, 0.29) is 17.9 Å². The van der Waals surface area contributed by atoms with E-state index in [0.717, 1.165) is 19.3 Å². The molecular formula is C15H30N4O2. The highest BCUT2D eigenvalue weighted by Crippen LogP contribution is 2.11. The van der Waals surface area contributed by atoms with Crippen LogP contribution in [0.1, 0.15) is 40.0 Å². The van der Waals surface area contributed by atoms with E-state index in [4.69, 9.17) is 5.73 Å². The summed E-state index contributed by atoms with van der Waals surface area (Å²) in [5.41, 5.74) is 5.99. The van der Waals surface area contributed by atoms with Gasteiger partial charge in [0.2, 0.25) is 5.91 Å². The minimum absolute atomic E-state index is 0.00962. The summed E-state index contributed by atoms with van der Waals surface area (Å²) in [6.07, 6.45) is 2.96. The molecule has 0 aromatic carbocycles. The Balaban J connectivity index is 2.37. The highest BCUT2D eigenvalue weighted by molar-refractivity contribution is 5.82. The Labute approximate surface area is 128 Å². The van der Waals surface area contributed by atoms with Gasteiger partial charge in [-0.05, 0) is 12.3 Å². The van der Waals surface area contributed by atoms with E-state index < -0.39 is 6.04 Å². The molecule has 1 fully saturated rings. The maximum atomic E-state index is 12.3. The van der Waals surface area contributed by atoms with Gasteiger partial charge in [0.1, 0.15) is 0 Å². The summed E-state index contributed by atoms with van der Waals surface area (Å²) in [5.74, 6) is 0.197. The van der Waals surface area contributed by atoms with Crippen LogP contribution >= 0.6 is 0 Å². The zero-order valence-corrected chi connectivity index (χ0v) is 13.6. The molecule has 3 N–H and O–H groups in total. The van der Waals surface area contributed by atoms with Crippen molar-refractivity contribution in [3.63, 3.8) is 0 Å². The quantitative estimate of drug-likeness (QED) is 0.718. The van der Waals surface area contributed by atoms with E-state index in [1.54, 1.807) is 9.80 Å². The van der Waals surface area contributed by atoms with Crippen LogP contribution in [0.15, 0.2) is 0 Å². The molecule has 6 nitrogen and oxygen atoms in total. The largest absolute Gasteiger partial charge is 0.338 e. The average Bonchev–Trinajstić information content (AvgIpc) is 2.52. The van der Waals surface area contributed by atoms with Crippen LogP contribution in [0.2, 0.25) is 0 Å². The maximum Gasteiger partial charge on any atom is 0.317 e. The van der Waals surface area contributed by atoms with E-state index in [1.165, 1.54) is 0 Å². The van der Waals surface area contributed by atoms with Crippen molar-refractivity contribution in [3.8, 4) is 0 Å². The van der Waals surface area contributed by atoms with Gasteiger partial charge in [-0.15, -0.1) is 0 Å². The minimum Gasteiger partial charge on any atom is -0.338 e. The summed E-state index contributed by atoms with van der Waals surface area (Å²) in [7, 11) is 0. The van der Waals surface area contributed by atoms with E-state index in [2.05, 4.69) is 12.2 Å². The van der Waals surface area contributed by atoms with Gasteiger partial charge in [0.15, 0.2) is 0 Å². The van der Waals surface area contributed by atoms with Gasteiger partial charge in [-0.2, -0.15) is 0 Å². The molecule has 122 valence electrons. The SMILES string of the molecule is CCCCNC(=O)N1CCN(C(=O)C(N)C(C)CC)CC1. The molecule has 0 aromatic heterocycles. The molecule has 2 unspecified atom stereocenters. The summed E-state index contributed by atoms with van der Waals surface area (Å²) in [6.45, 7) is 9.16. The summed E-state index contributed by atoms with van der Waals surface area (Å²) >= 11 is 0. The van der Waals surface area contributed by atoms with Gasteiger partial charge in [-0.3, -0.25) is 4.79 Å². The molecular weight excluding hydrogens is 268 g/mol. The second kappa shape index (κ2) is 8.87. The van der Waals surface area contributed by atoms with Crippen molar-refractivity contribution in [1.82, 2.24) is 15.1 Å². The highest BCUT2D eigenvalue weighted by Gasteiger charge is 2.28. The van der Waals surface area contributed by atoms with E-state index in [9.17, 15) is 9.59 Å². The molecule has 0 bridgehead atoms. The number of nitrogens with zero attached hydrogens (tertiary/aromatic N) is 2. The Morgan fingerprint density at radius 3 is 2.24 bits per heavy atom. The summed E-state index contributed by atoms with van der Waals surface area (Å²) < 4.78 is 0. The van der Waals surface area contributed by atoms with Gasteiger partial charge in [-0.1, -0.05) is 33.6 Å². The molecule has 6 heteroatoms. The van der Waals surface area contributed by atoms with Crippen LogP contribution in [0.3, 0.4) is 0 Å². The lowest BCUT2D eigenvalue weighted by molar-refractivity contribution is -0.135. The van der Waals surface area contributed by atoms with E-state index in [1.807, 2.05) is 13.8 Å². The van der Waals surface area contributed by atoms with Crippen LogP contribution in [0.25, 0.3) is 0 Å². The maximum absolute atomic E-state index is 12.3. The second-order valence-corrected chi connectivity index (χ2v) is 5.81. The zero-order chi connectivity index (χ0) is 15.8. The molecule has 0 spiro atoms. The lowest BCUT2D eigenvalue weighted by atomic mass is 9.98. The van der Waals surface area contributed by atoms with Crippen LogP contribution in [-0.2, 0) is 4.79 Å². The minimum atomic E-state index is -0.431. The average molecular weight is 298 g/mol. The molecule has 1 saturated heterocycles. The van der Waals surface area contributed by atoms with Crippen molar-refractivity contribution in [2.75, 3.05) is 32.7 Å². The first-order chi connectivity index (χ1) is 10.0. The molecule has 1 aliphatic rings. The van der Waals surface area contributed by atoms with Crippen LogP contribution in [0.5, 0.6) is 0 Å². The molecule has 21 heavy (non-hydrogen) atoms. The fourth-order valence-electron chi connectivity index (χ4n) is 2.32. The number of rotatable bonds is 6. The molecule has 0 aromatic rings. The summed E-state index contributed by atoms with van der Waals surface area (Å²) in [5, 5.41) is 2.91. The lowest BCUT2D eigenvalue weighted by Gasteiger charge is -2.36. The first-order valence-corrected chi connectivity index (χ1v) is 8.08. The van der Waals surface area contributed by atoms with Crippen molar-refractivity contribution in [2.24, 2.45) is 11.7 Å². The number of hydrogen-bond acceptors (Lipinski definition) is 3. The number of carbonyl (C=O) groups excluding carboxylic acids is 2. The van der Waals surface area contributed by atoms with Gasteiger partial charge in [0.05, 0.1) is 6.04 Å². The predicted molar refractivity (Wildman–Crippen MR) is 83.9 cm³/mol. The highest BCUT2D eigenvalue weighted by atomic mass is 16.2. The number of piperazine rings is 1. The third kappa shape index (κ3) is 5.19. The Bertz CT molecular complexity index is 341. The Kier molecular flexibility index (Phi) is 7.50. The molecule has 0 saturated carbocycles. The number of hydrogen-bond donors (Lipinski definition) is 2. The Morgan fingerprint density at radius 1 is 1.14 bits per heavy atom. The summed E-state index contributed by atoms with van der Waals surface area (Å²) in [6, 6.07) is -0.457. The Hall–Kier alpha value is -1.30. The van der Waals surface area contributed by atoms with Crippen LogP contribution in [0.4, 0.5) is 4.79 Å². The van der Waals surface area contributed by atoms with Gasteiger partial charge in [-0.25, -0.2) is 4.79 Å². The van der Waals surface area contributed by atoms with Gasteiger partial charge in [0, 0.05) is 32.7 Å². The number of urea groups is 1. The predicted octanol–water partition coefficient (Wildman–Crippen LogP) is 1.01. The lowest BCUT2D eigenvalue weighted by Crippen LogP contribution is -2.56. The van der Waals surface area contributed by atoms with Crippen molar-refractivity contribution in [2.45, 2.75) is 46.1 Å². The normalized spacial score (nSPS) is 18.3. The topological polar surface area (TPSA) is 78.7 Å². The van der Waals surface area contributed by atoms with Crippen molar-refractivity contribution in [1.29, 1.82) is 0 Å². The molecule has 3 amide bonds. The van der Waals surface area contributed by atoms with Crippen molar-refractivity contribution >= 4 is 11.9 Å². The molecule has 1 rings (SSSR count). The van der Waals surface area contributed by atoms with Crippen molar-refractivity contribution < 1.29 is 9.59 Å². The number of amides is 3. The standard InChI is InChI=1S/C15H30N4O2/c1-4-6-7-17-15(21)19-10-8-18(9-11-19)14(20)13(16)12(3)5-2/h12-13H,4-11,16H2,1-3H3,(H,17,21). The Morgan fingerprint density at radius 2 is 1.71 bits per heavy atom. The molecule has 1 aliphatic heterocycles. The molecule has 2 atom stereocenters. The third-order valence-electron chi connectivity index (χ3n) is 4.23. The molecule has 0 aliphatic carbocycles. The smallest absolute Gasteiger partial charge is 0.317 e. The molecule has 0 radical (unpaired) electrons. The number of nitrogens with one attached hydrogen (secondary N) is 1. The monoisotopic (exact) mass is 298 g/mol. The van der Waals surface area contributed by atoms with Crippen LogP contribution in [0, 0.1) is 5.92 Å². The second-order valence-electron chi connectivity index (χ2n) is 5.81. The van der Waals surface area contributed by atoms with Crippen LogP contribution < -0.4 is 11.1 Å². The van der Waals surface area contributed by atoms with E-state index in [0.29, 0.717) is 32.7 Å². The fraction of sp³-hybridized carbons (Fsp3) is 0.867. The fourth-order valence-corrected chi connectivity index (χ4v) is 2.32. The van der Waals surface area contributed by atoms with Gasteiger partial charge >= 0.3 is 6.03 Å².